The molecule has 2 aromatic rings. The minimum Gasteiger partial charge on any atom is -0.452 e. The highest BCUT2D eigenvalue weighted by Crippen LogP contribution is 2.26. The van der Waals surface area contributed by atoms with Crippen molar-refractivity contribution in [1.82, 2.24) is 9.88 Å². The minimum absolute atomic E-state index is 0.0431. The van der Waals surface area contributed by atoms with Crippen LogP contribution >= 0.6 is 0 Å². The van der Waals surface area contributed by atoms with E-state index in [1.807, 2.05) is 19.9 Å². The first kappa shape index (κ1) is 18.3. The van der Waals surface area contributed by atoms with E-state index in [0.29, 0.717) is 0 Å². The monoisotopic (exact) mass is 343 g/mol. The second kappa shape index (κ2) is 8.20. The fraction of sp³-hybridized carbons (Fsp3) is 0.389. The van der Waals surface area contributed by atoms with Crippen molar-refractivity contribution in [2.75, 3.05) is 6.61 Å². The highest BCUT2D eigenvalue weighted by Gasteiger charge is 2.26. The molecule has 0 aliphatic rings. The van der Waals surface area contributed by atoms with Crippen molar-refractivity contribution in [3.05, 3.63) is 41.4 Å². The molecule has 0 aromatic carbocycles. The predicted octanol–water partition coefficient (Wildman–Crippen LogP) is 2.71. The number of hydrogen-bond acceptors (Lipinski definition) is 5. The molecular weight excluding hydrogens is 322 g/mol. The van der Waals surface area contributed by atoms with Gasteiger partial charge in [-0.15, -0.1) is 0 Å². The lowest BCUT2D eigenvalue weighted by Gasteiger charge is -2.14. The van der Waals surface area contributed by atoms with E-state index in [9.17, 15) is 14.9 Å². The molecule has 0 atom stereocenters. The highest BCUT2D eigenvalue weighted by atomic mass is 16.5. The van der Waals surface area contributed by atoms with Gasteiger partial charge in [0.15, 0.2) is 6.61 Å². The summed E-state index contributed by atoms with van der Waals surface area (Å²) in [6.07, 6.45) is 5.01. The van der Waals surface area contributed by atoms with Crippen molar-refractivity contribution < 1.29 is 18.7 Å². The average Bonchev–Trinajstić information content (AvgIpc) is 3.24. The summed E-state index contributed by atoms with van der Waals surface area (Å²) in [6, 6.07) is 5.58. The third-order valence-electron chi connectivity index (χ3n) is 3.91. The summed E-state index contributed by atoms with van der Waals surface area (Å²) in [4.78, 5) is 24.2. The minimum atomic E-state index is -0.754. The van der Waals surface area contributed by atoms with Crippen LogP contribution in [-0.4, -0.2) is 29.1 Å². The van der Waals surface area contributed by atoms with Gasteiger partial charge in [0, 0.05) is 18.4 Å². The van der Waals surface area contributed by atoms with Crippen molar-refractivity contribution in [2.24, 2.45) is 0 Å². The molecule has 0 aliphatic heterocycles. The van der Waals surface area contributed by atoms with Crippen LogP contribution in [0.5, 0.6) is 0 Å². The third kappa shape index (κ3) is 4.10. The number of rotatable bonds is 7. The van der Waals surface area contributed by atoms with E-state index in [1.54, 1.807) is 36.0 Å². The fourth-order valence-electron chi connectivity index (χ4n) is 2.50. The van der Waals surface area contributed by atoms with E-state index in [2.05, 4.69) is 5.32 Å². The number of carbonyl (C=O) groups is 2. The Morgan fingerprint density at radius 1 is 1.32 bits per heavy atom. The van der Waals surface area contributed by atoms with Gasteiger partial charge in [-0.25, -0.2) is 4.79 Å². The molecule has 7 heteroatoms. The van der Waals surface area contributed by atoms with Gasteiger partial charge in [0.05, 0.1) is 0 Å². The Hall–Kier alpha value is -3.01. The SMILES string of the molecule is CCC(CC)NC(=O)COC(=O)c1c(C)oc(-n2cccc2)c1C#N. The summed E-state index contributed by atoms with van der Waals surface area (Å²) < 4.78 is 12.2. The zero-order valence-electron chi connectivity index (χ0n) is 14.5. The molecule has 1 N–H and O–H groups in total. The molecule has 2 heterocycles. The van der Waals surface area contributed by atoms with Crippen molar-refractivity contribution in [3.8, 4) is 12.0 Å². The molecule has 0 spiro atoms. The number of amides is 1. The number of nitrogens with one attached hydrogen (secondary N) is 1. The zero-order valence-corrected chi connectivity index (χ0v) is 14.5. The Morgan fingerprint density at radius 3 is 2.52 bits per heavy atom. The summed E-state index contributed by atoms with van der Waals surface area (Å²) in [7, 11) is 0. The van der Waals surface area contributed by atoms with E-state index in [4.69, 9.17) is 9.15 Å². The van der Waals surface area contributed by atoms with Crippen LogP contribution in [0, 0.1) is 18.3 Å². The molecule has 2 aromatic heterocycles. The number of nitriles is 1. The predicted molar refractivity (Wildman–Crippen MR) is 90.3 cm³/mol. The fourth-order valence-corrected chi connectivity index (χ4v) is 2.50. The van der Waals surface area contributed by atoms with Gasteiger partial charge < -0.3 is 14.5 Å². The maximum atomic E-state index is 12.3. The van der Waals surface area contributed by atoms with Crippen molar-refractivity contribution in [2.45, 2.75) is 39.7 Å². The normalized spacial score (nSPS) is 10.5. The molecule has 0 saturated heterocycles. The summed E-state index contributed by atoms with van der Waals surface area (Å²) in [5, 5.41) is 12.2. The number of nitrogens with zero attached hydrogens (tertiary/aromatic N) is 2. The van der Waals surface area contributed by atoms with Crippen molar-refractivity contribution in [1.29, 1.82) is 5.26 Å². The molecule has 0 bridgehead atoms. The van der Waals surface area contributed by atoms with Crippen LogP contribution in [-0.2, 0) is 9.53 Å². The Labute approximate surface area is 146 Å². The number of aryl methyl sites for hydroxylation is 1. The summed E-state index contributed by atoms with van der Waals surface area (Å²) in [6.45, 7) is 5.12. The Kier molecular flexibility index (Phi) is 6.01. The topological polar surface area (TPSA) is 97.3 Å². The molecule has 0 unspecified atom stereocenters. The number of hydrogen-bond donors (Lipinski definition) is 1. The summed E-state index contributed by atoms with van der Waals surface area (Å²) in [5.74, 6) is -0.604. The zero-order chi connectivity index (χ0) is 18.4. The second-order valence-corrected chi connectivity index (χ2v) is 5.57. The summed E-state index contributed by atoms with van der Waals surface area (Å²) >= 11 is 0. The molecule has 0 aliphatic carbocycles. The molecule has 2 rings (SSSR count). The number of ether oxygens (including phenoxy) is 1. The standard InChI is InChI=1S/C18H21N3O4/c1-4-13(5-2)20-15(22)11-24-18(23)16-12(3)25-17(14(16)10-19)21-8-6-7-9-21/h6-9,13H,4-5,11H2,1-3H3,(H,20,22). The quantitative estimate of drug-likeness (QED) is 0.780. The Balaban J connectivity index is 2.12. The van der Waals surface area contributed by atoms with Crippen LogP contribution in [0.15, 0.2) is 28.9 Å². The van der Waals surface area contributed by atoms with Gasteiger partial charge in [0.2, 0.25) is 5.88 Å². The lowest BCUT2D eigenvalue weighted by atomic mass is 10.1. The molecule has 1 amide bonds. The van der Waals surface area contributed by atoms with Gasteiger partial charge in [0.25, 0.3) is 5.91 Å². The van der Waals surface area contributed by atoms with E-state index < -0.39 is 12.6 Å². The highest BCUT2D eigenvalue weighted by molar-refractivity contribution is 5.95. The Morgan fingerprint density at radius 2 is 1.96 bits per heavy atom. The summed E-state index contributed by atoms with van der Waals surface area (Å²) in [5.41, 5.74) is 0.126. The smallest absolute Gasteiger partial charge is 0.343 e. The van der Waals surface area contributed by atoms with E-state index >= 15 is 0 Å². The molecular formula is C18H21N3O4. The maximum Gasteiger partial charge on any atom is 0.343 e. The van der Waals surface area contributed by atoms with Gasteiger partial charge in [-0.2, -0.15) is 5.26 Å². The molecule has 0 fully saturated rings. The number of esters is 1. The van der Waals surface area contributed by atoms with Crippen LogP contribution in [0.4, 0.5) is 0 Å². The molecule has 7 nitrogen and oxygen atoms in total. The van der Waals surface area contributed by atoms with Crippen LogP contribution in [0.1, 0.15) is 48.4 Å². The van der Waals surface area contributed by atoms with Crippen LogP contribution in [0.25, 0.3) is 5.88 Å². The van der Waals surface area contributed by atoms with Gasteiger partial charge in [-0.1, -0.05) is 13.8 Å². The molecule has 0 radical (unpaired) electrons. The largest absolute Gasteiger partial charge is 0.452 e. The van der Waals surface area contributed by atoms with E-state index in [0.717, 1.165) is 12.8 Å². The van der Waals surface area contributed by atoms with Crippen LogP contribution in [0.2, 0.25) is 0 Å². The number of aromatic nitrogens is 1. The first-order valence-corrected chi connectivity index (χ1v) is 8.15. The lowest BCUT2D eigenvalue weighted by molar-refractivity contribution is -0.125. The first-order chi connectivity index (χ1) is 12.0. The van der Waals surface area contributed by atoms with Crippen molar-refractivity contribution in [3.63, 3.8) is 0 Å². The molecule has 132 valence electrons. The third-order valence-corrected chi connectivity index (χ3v) is 3.91. The number of carbonyl (C=O) groups excluding carboxylic acids is 2. The van der Waals surface area contributed by atoms with Crippen LogP contribution < -0.4 is 5.32 Å². The van der Waals surface area contributed by atoms with E-state index in [1.165, 1.54) is 0 Å². The van der Waals surface area contributed by atoms with Crippen molar-refractivity contribution >= 4 is 11.9 Å². The Bertz CT molecular complexity index is 780. The first-order valence-electron chi connectivity index (χ1n) is 8.15. The number of furan rings is 1. The van der Waals surface area contributed by atoms with Gasteiger partial charge in [0.1, 0.15) is 23.0 Å². The maximum absolute atomic E-state index is 12.3. The molecule has 25 heavy (non-hydrogen) atoms. The van der Waals surface area contributed by atoms with Gasteiger partial charge in [-0.3, -0.25) is 9.36 Å². The van der Waals surface area contributed by atoms with E-state index in [-0.39, 0.29) is 34.7 Å². The average molecular weight is 343 g/mol. The lowest BCUT2D eigenvalue weighted by Crippen LogP contribution is -2.36. The van der Waals surface area contributed by atoms with Crippen LogP contribution in [0.3, 0.4) is 0 Å². The second-order valence-electron chi connectivity index (χ2n) is 5.57. The van der Waals surface area contributed by atoms with Gasteiger partial charge >= 0.3 is 5.97 Å². The molecule has 0 saturated carbocycles. The van der Waals surface area contributed by atoms with Gasteiger partial charge in [-0.05, 0) is 31.9 Å².